The third kappa shape index (κ3) is 3.92. The first-order valence-electron chi connectivity index (χ1n) is 3.98. The van der Waals surface area contributed by atoms with Crippen LogP contribution in [0.25, 0.3) is 0 Å². The van der Waals surface area contributed by atoms with E-state index in [1.54, 1.807) is 0 Å². The third-order valence-electron chi connectivity index (χ3n) is 1.41. The summed E-state index contributed by atoms with van der Waals surface area (Å²) in [5.41, 5.74) is 1.07. The van der Waals surface area contributed by atoms with E-state index in [1.165, 1.54) is 6.21 Å². The first-order chi connectivity index (χ1) is 6.43. The van der Waals surface area contributed by atoms with E-state index in [2.05, 4.69) is 5.16 Å². The summed E-state index contributed by atoms with van der Waals surface area (Å²) in [6, 6.07) is 11.7. The maximum absolute atomic E-state index is 8.19. The van der Waals surface area contributed by atoms with Crippen molar-refractivity contribution in [2.45, 2.75) is 13.0 Å². The van der Waals surface area contributed by atoms with Crippen molar-refractivity contribution in [1.82, 2.24) is 0 Å². The summed E-state index contributed by atoms with van der Waals surface area (Å²) in [6.07, 6.45) is 1.73. The van der Waals surface area contributed by atoms with Gasteiger partial charge in [0.2, 0.25) is 0 Å². The van der Waals surface area contributed by atoms with Crippen molar-refractivity contribution < 1.29 is 4.84 Å². The molecule has 1 rings (SSSR count). The Morgan fingerprint density at radius 1 is 1.38 bits per heavy atom. The predicted molar refractivity (Wildman–Crippen MR) is 50.0 cm³/mol. The van der Waals surface area contributed by atoms with Crippen LogP contribution in [0, 0.1) is 11.3 Å². The van der Waals surface area contributed by atoms with E-state index in [1.807, 2.05) is 36.4 Å². The zero-order chi connectivity index (χ0) is 9.36. The molecule has 0 heterocycles. The molecule has 0 aliphatic rings. The van der Waals surface area contributed by atoms with Gasteiger partial charge in [-0.3, -0.25) is 0 Å². The fourth-order valence-electron chi connectivity index (χ4n) is 0.817. The van der Waals surface area contributed by atoms with Gasteiger partial charge in [-0.2, -0.15) is 5.26 Å². The van der Waals surface area contributed by atoms with Gasteiger partial charge in [0.05, 0.1) is 18.7 Å². The summed E-state index contributed by atoms with van der Waals surface area (Å²) in [5, 5.41) is 11.8. The fourth-order valence-corrected chi connectivity index (χ4v) is 0.817. The number of oxime groups is 1. The zero-order valence-corrected chi connectivity index (χ0v) is 7.18. The Hall–Kier alpha value is -1.82. The van der Waals surface area contributed by atoms with Gasteiger partial charge in [-0.25, -0.2) is 0 Å². The summed E-state index contributed by atoms with van der Waals surface area (Å²) in [4.78, 5) is 4.94. The van der Waals surface area contributed by atoms with Crippen molar-refractivity contribution in [3.63, 3.8) is 0 Å². The van der Waals surface area contributed by atoms with Gasteiger partial charge in [-0.05, 0) is 5.56 Å². The fraction of sp³-hybridized carbons (Fsp3) is 0.200. The van der Waals surface area contributed by atoms with Crippen LogP contribution in [0.3, 0.4) is 0 Å². The summed E-state index contributed by atoms with van der Waals surface area (Å²) in [6.45, 7) is 0.447. The highest BCUT2D eigenvalue weighted by Gasteiger charge is 1.88. The lowest BCUT2D eigenvalue weighted by atomic mass is 10.2. The minimum Gasteiger partial charge on any atom is -0.391 e. The van der Waals surface area contributed by atoms with Crippen LogP contribution in [0.15, 0.2) is 35.5 Å². The van der Waals surface area contributed by atoms with Crippen LogP contribution in [0.4, 0.5) is 0 Å². The Morgan fingerprint density at radius 3 is 2.85 bits per heavy atom. The molecule has 0 atom stereocenters. The Morgan fingerprint density at radius 2 is 2.15 bits per heavy atom. The molecule has 0 aliphatic carbocycles. The zero-order valence-electron chi connectivity index (χ0n) is 7.18. The number of hydrogen-bond acceptors (Lipinski definition) is 3. The van der Waals surface area contributed by atoms with Crippen molar-refractivity contribution >= 4 is 6.21 Å². The number of nitrogens with zero attached hydrogens (tertiary/aromatic N) is 2. The summed E-state index contributed by atoms with van der Waals surface area (Å²) >= 11 is 0. The molecule has 0 amide bonds. The molecule has 0 N–H and O–H groups in total. The van der Waals surface area contributed by atoms with Crippen LogP contribution in [-0.4, -0.2) is 6.21 Å². The van der Waals surface area contributed by atoms with Crippen LogP contribution in [0.2, 0.25) is 0 Å². The van der Waals surface area contributed by atoms with Gasteiger partial charge >= 0.3 is 0 Å². The molecule has 1 aromatic rings. The maximum atomic E-state index is 8.19. The lowest BCUT2D eigenvalue weighted by molar-refractivity contribution is 0.131. The van der Waals surface area contributed by atoms with E-state index < -0.39 is 0 Å². The molecule has 3 nitrogen and oxygen atoms in total. The first kappa shape index (κ1) is 9.27. The number of rotatable bonds is 4. The molecule has 66 valence electrons. The SMILES string of the molecule is N#CCC=NOCc1ccccc1. The molecule has 13 heavy (non-hydrogen) atoms. The van der Waals surface area contributed by atoms with Gasteiger partial charge in [-0.15, -0.1) is 0 Å². The molecule has 3 heteroatoms. The molecule has 0 aromatic heterocycles. The summed E-state index contributed by atoms with van der Waals surface area (Å²) in [5.74, 6) is 0. The van der Waals surface area contributed by atoms with Gasteiger partial charge in [-0.1, -0.05) is 35.5 Å². The van der Waals surface area contributed by atoms with Gasteiger partial charge < -0.3 is 4.84 Å². The number of nitriles is 1. The maximum Gasteiger partial charge on any atom is 0.142 e. The van der Waals surface area contributed by atoms with Gasteiger partial charge in [0.25, 0.3) is 0 Å². The van der Waals surface area contributed by atoms with Gasteiger partial charge in [0.1, 0.15) is 6.61 Å². The second-order valence-corrected chi connectivity index (χ2v) is 2.41. The molecule has 0 radical (unpaired) electrons. The average Bonchev–Trinajstić information content (AvgIpc) is 2.19. The van der Waals surface area contributed by atoms with Crippen molar-refractivity contribution in [2.24, 2.45) is 5.16 Å². The van der Waals surface area contributed by atoms with E-state index in [0.29, 0.717) is 6.61 Å². The lowest BCUT2D eigenvalue weighted by Crippen LogP contribution is -1.85. The Kier molecular flexibility index (Phi) is 4.12. The van der Waals surface area contributed by atoms with Crippen LogP contribution >= 0.6 is 0 Å². The van der Waals surface area contributed by atoms with Crippen molar-refractivity contribution in [3.05, 3.63) is 35.9 Å². The van der Waals surface area contributed by atoms with Gasteiger partial charge in [0, 0.05) is 0 Å². The average molecular weight is 174 g/mol. The lowest BCUT2D eigenvalue weighted by Gasteiger charge is -1.97. The molecule has 0 fully saturated rings. The van der Waals surface area contributed by atoms with Crippen LogP contribution < -0.4 is 0 Å². The molecule has 0 spiro atoms. The standard InChI is InChI=1S/C10H10N2O/c11-7-4-8-12-13-9-10-5-2-1-3-6-10/h1-3,5-6,8H,4,9H2. The van der Waals surface area contributed by atoms with Gasteiger partial charge in [0.15, 0.2) is 0 Å². The second-order valence-electron chi connectivity index (χ2n) is 2.41. The minimum atomic E-state index is 0.286. The third-order valence-corrected chi connectivity index (χ3v) is 1.41. The topological polar surface area (TPSA) is 45.4 Å². The molecular weight excluding hydrogens is 164 g/mol. The smallest absolute Gasteiger partial charge is 0.142 e. The molecule has 0 bridgehead atoms. The van der Waals surface area contributed by atoms with Crippen LogP contribution in [0.1, 0.15) is 12.0 Å². The van der Waals surface area contributed by atoms with Crippen molar-refractivity contribution in [3.8, 4) is 6.07 Å². The Balaban J connectivity index is 2.25. The normalized spacial score (nSPS) is 9.77. The minimum absolute atomic E-state index is 0.286. The highest BCUT2D eigenvalue weighted by Crippen LogP contribution is 1.99. The summed E-state index contributed by atoms with van der Waals surface area (Å²) < 4.78 is 0. The molecular formula is C10H10N2O. The molecule has 0 aliphatic heterocycles. The largest absolute Gasteiger partial charge is 0.391 e. The van der Waals surface area contributed by atoms with E-state index >= 15 is 0 Å². The molecule has 0 unspecified atom stereocenters. The van der Waals surface area contributed by atoms with Crippen molar-refractivity contribution in [1.29, 1.82) is 5.26 Å². The monoisotopic (exact) mass is 174 g/mol. The summed E-state index contributed by atoms with van der Waals surface area (Å²) in [7, 11) is 0. The Labute approximate surface area is 77.2 Å². The number of hydrogen-bond donors (Lipinski definition) is 0. The van der Waals surface area contributed by atoms with Crippen LogP contribution in [0.5, 0.6) is 0 Å². The highest BCUT2D eigenvalue weighted by molar-refractivity contribution is 5.59. The molecule has 0 saturated heterocycles. The highest BCUT2D eigenvalue weighted by atomic mass is 16.6. The predicted octanol–water partition coefficient (Wildman–Crippen LogP) is 2.10. The molecule has 1 aromatic carbocycles. The Bertz CT molecular complexity index is 300. The van der Waals surface area contributed by atoms with E-state index in [-0.39, 0.29) is 6.42 Å². The van der Waals surface area contributed by atoms with Crippen LogP contribution in [-0.2, 0) is 11.4 Å². The second kappa shape index (κ2) is 5.78. The van der Waals surface area contributed by atoms with E-state index in [9.17, 15) is 0 Å². The molecule has 0 saturated carbocycles. The quantitative estimate of drug-likeness (QED) is 0.518. The van der Waals surface area contributed by atoms with Crippen molar-refractivity contribution in [2.75, 3.05) is 0 Å². The van der Waals surface area contributed by atoms with E-state index in [0.717, 1.165) is 5.56 Å². The number of benzene rings is 1. The first-order valence-corrected chi connectivity index (χ1v) is 3.98. The van der Waals surface area contributed by atoms with E-state index in [4.69, 9.17) is 10.1 Å².